The summed E-state index contributed by atoms with van der Waals surface area (Å²) in [7, 11) is 0. The van der Waals surface area contributed by atoms with Crippen molar-refractivity contribution >= 4 is 27.5 Å². The lowest BCUT2D eigenvalue weighted by Gasteiger charge is -2.11. The maximum Gasteiger partial charge on any atom is 0.146 e. The Morgan fingerprint density at radius 3 is 2.56 bits per heavy atom. The first-order valence-corrected chi connectivity index (χ1v) is 6.65. The van der Waals surface area contributed by atoms with Gasteiger partial charge in [0, 0.05) is 4.47 Å². The molecule has 2 rings (SSSR count). The molecule has 0 bridgehead atoms. The van der Waals surface area contributed by atoms with Gasteiger partial charge in [0.2, 0.25) is 0 Å². The normalized spacial score (nSPS) is 12.2. The van der Waals surface area contributed by atoms with E-state index in [4.69, 9.17) is 16.3 Å². The smallest absolute Gasteiger partial charge is 0.146 e. The average Bonchev–Trinajstić information content (AvgIpc) is 2.32. The molecule has 94 valence electrons. The summed E-state index contributed by atoms with van der Waals surface area (Å²) >= 11 is 9.43. The van der Waals surface area contributed by atoms with E-state index in [1.54, 1.807) is 25.1 Å². The standard InChI is InChI=1S/C14H12BrClO2/c1-9(17)11-7-6-10(8-12(11)15)18-14-5-3-2-4-13(14)16/h2-9,17H,1H3/t9-/m1/s1. The van der Waals surface area contributed by atoms with Gasteiger partial charge in [-0.2, -0.15) is 0 Å². The Morgan fingerprint density at radius 1 is 1.22 bits per heavy atom. The van der Waals surface area contributed by atoms with Crippen LogP contribution in [0.15, 0.2) is 46.9 Å². The van der Waals surface area contributed by atoms with Gasteiger partial charge in [0.05, 0.1) is 11.1 Å². The second kappa shape index (κ2) is 5.74. The molecule has 2 nitrogen and oxygen atoms in total. The van der Waals surface area contributed by atoms with Crippen LogP contribution in [0.4, 0.5) is 0 Å². The summed E-state index contributed by atoms with van der Waals surface area (Å²) in [4.78, 5) is 0. The summed E-state index contributed by atoms with van der Waals surface area (Å²) in [5.41, 5.74) is 0.821. The van der Waals surface area contributed by atoms with E-state index in [1.165, 1.54) is 0 Å². The highest BCUT2D eigenvalue weighted by Gasteiger charge is 2.08. The fourth-order valence-corrected chi connectivity index (χ4v) is 2.43. The molecule has 0 heterocycles. The Morgan fingerprint density at radius 2 is 1.94 bits per heavy atom. The van der Waals surface area contributed by atoms with Gasteiger partial charge in [-0.3, -0.25) is 0 Å². The molecule has 0 saturated heterocycles. The summed E-state index contributed by atoms with van der Waals surface area (Å²) in [5, 5.41) is 10.1. The summed E-state index contributed by atoms with van der Waals surface area (Å²) in [6.07, 6.45) is -0.520. The lowest BCUT2D eigenvalue weighted by molar-refractivity contribution is 0.198. The van der Waals surface area contributed by atoms with Crippen molar-refractivity contribution in [2.24, 2.45) is 0 Å². The number of aliphatic hydroxyl groups is 1. The molecule has 0 radical (unpaired) electrons. The van der Waals surface area contributed by atoms with Gasteiger partial charge < -0.3 is 9.84 Å². The molecular formula is C14H12BrClO2. The van der Waals surface area contributed by atoms with Crippen LogP contribution < -0.4 is 4.74 Å². The third kappa shape index (κ3) is 3.05. The van der Waals surface area contributed by atoms with Crippen molar-refractivity contribution in [2.75, 3.05) is 0 Å². The zero-order valence-electron chi connectivity index (χ0n) is 9.73. The fourth-order valence-electron chi connectivity index (χ4n) is 1.56. The highest BCUT2D eigenvalue weighted by molar-refractivity contribution is 9.10. The number of hydrogen-bond acceptors (Lipinski definition) is 2. The Labute approximate surface area is 119 Å². The number of ether oxygens (including phenoxy) is 1. The molecule has 0 aliphatic rings. The van der Waals surface area contributed by atoms with E-state index in [0.29, 0.717) is 16.5 Å². The molecule has 0 saturated carbocycles. The topological polar surface area (TPSA) is 29.5 Å². The molecule has 4 heteroatoms. The van der Waals surface area contributed by atoms with E-state index in [-0.39, 0.29) is 0 Å². The van der Waals surface area contributed by atoms with Gasteiger partial charge in [-0.25, -0.2) is 0 Å². The van der Waals surface area contributed by atoms with Crippen molar-refractivity contribution < 1.29 is 9.84 Å². The van der Waals surface area contributed by atoms with Crippen LogP contribution in [0.25, 0.3) is 0 Å². The van der Waals surface area contributed by atoms with Gasteiger partial charge in [0.25, 0.3) is 0 Å². The summed E-state index contributed by atoms with van der Waals surface area (Å²) in [5.74, 6) is 1.27. The minimum absolute atomic E-state index is 0.520. The quantitative estimate of drug-likeness (QED) is 0.864. The van der Waals surface area contributed by atoms with Crippen molar-refractivity contribution in [2.45, 2.75) is 13.0 Å². The lowest BCUT2D eigenvalue weighted by atomic mass is 10.1. The van der Waals surface area contributed by atoms with Crippen molar-refractivity contribution in [1.29, 1.82) is 0 Å². The fraction of sp³-hybridized carbons (Fsp3) is 0.143. The molecule has 0 amide bonds. The number of halogens is 2. The Bertz CT molecular complexity index is 555. The van der Waals surface area contributed by atoms with E-state index in [9.17, 15) is 5.11 Å². The van der Waals surface area contributed by atoms with E-state index in [2.05, 4.69) is 15.9 Å². The van der Waals surface area contributed by atoms with Crippen molar-refractivity contribution in [1.82, 2.24) is 0 Å². The van der Waals surface area contributed by atoms with E-state index >= 15 is 0 Å². The van der Waals surface area contributed by atoms with Crippen LogP contribution in [-0.4, -0.2) is 5.11 Å². The molecule has 0 aliphatic carbocycles. The number of benzene rings is 2. The first-order chi connectivity index (χ1) is 8.58. The highest BCUT2D eigenvalue weighted by Crippen LogP contribution is 2.32. The van der Waals surface area contributed by atoms with Crippen LogP contribution >= 0.6 is 27.5 Å². The second-order valence-corrected chi connectivity index (χ2v) is 5.15. The minimum Gasteiger partial charge on any atom is -0.456 e. The third-order valence-corrected chi connectivity index (χ3v) is 3.49. The van der Waals surface area contributed by atoms with Crippen molar-refractivity contribution in [3.8, 4) is 11.5 Å². The zero-order chi connectivity index (χ0) is 13.1. The summed E-state index contributed by atoms with van der Waals surface area (Å²) in [6.45, 7) is 1.72. The maximum absolute atomic E-state index is 9.54. The van der Waals surface area contributed by atoms with Crippen LogP contribution in [0.3, 0.4) is 0 Å². The van der Waals surface area contributed by atoms with Gasteiger partial charge in [-0.05, 0) is 36.8 Å². The first-order valence-electron chi connectivity index (χ1n) is 5.48. The van der Waals surface area contributed by atoms with Crippen LogP contribution in [-0.2, 0) is 0 Å². The average molecular weight is 328 g/mol. The van der Waals surface area contributed by atoms with Crippen molar-refractivity contribution in [3.63, 3.8) is 0 Å². The Hall–Kier alpha value is -1.03. The maximum atomic E-state index is 9.54. The molecular weight excluding hydrogens is 316 g/mol. The van der Waals surface area contributed by atoms with Gasteiger partial charge in [0.15, 0.2) is 0 Å². The van der Waals surface area contributed by atoms with E-state index in [1.807, 2.05) is 24.3 Å². The minimum atomic E-state index is -0.520. The molecule has 1 atom stereocenters. The van der Waals surface area contributed by atoms with Crippen LogP contribution in [0.1, 0.15) is 18.6 Å². The van der Waals surface area contributed by atoms with Gasteiger partial charge in [0.1, 0.15) is 11.5 Å². The summed E-state index contributed by atoms with van der Waals surface area (Å²) in [6, 6.07) is 12.7. The largest absolute Gasteiger partial charge is 0.456 e. The number of rotatable bonds is 3. The van der Waals surface area contributed by atoms with Gasteiger partial charge in [-0.1, -0.05) is 45.7 Å². The predicted molar refractivity (Wildman–Crippen MR) is 76.3 cm³/mol. The zero-order valence-corrected chi connectivity index (χ0v) is 12.1. The van der Waals surface area contributed by atoms with Crippen molar-refractivity contribution in [3.05, 3.63) is 57.5 Å². The number of para-hydroxylation sites is 1. The molecule has 2 aromatic carbocycles. The molecule has 0 aromatic heterocycles. The predicted octanol–water partition coefficient (Wildman–Crippen LogP) is 4.95. The first kappa shape index (κ1) is 13.4. The monoisotopic (exact) mass is 326 g/mol. The van der Waals surface area contributed by atoms with Crippen LogP contribution in [0, 0.1) is 0 Å². The van der Waals surface area contributed by atoms with E-state index in [0.717, 1.165) is 10.0 Å². The highest BCUT2D eigenvalue weighted by atomic mass is 79.9. The van der Waals surface area contributed by atoms with Crippen LogP contribution in [0.5, 0.6) is 11.5 Å². The molecule has 0 fully saturated rings. The SMILES string of the molecule is C[C@@H](O)c1ccc(Oc2ccccc2Cl)cc1Br. The Balaban J connectivity index is 2.26. The molecule has 0 spiro atoms. The molecule has 2 aromatic rings. The molecule has 1 N–H and O–H groups in total. The van der Waals surface area contributed by atoms with Gasteiger partial charge in [-0.15, -0.1) is 0 Å². The number of aliphatic hydroxyl groups excluding tert-OH is 1. The number of hydrogen-bond donors (Lipinski definition) is 1. The molecule has 0 aliphatic heterocycles. The summed E-state index contributed by atoms with van der Waals surface area (Å²) < 4.78 is 6.49. The van der Waals surface area contributed by atoms with Gasteiger partial charge >= 0.3 is 0 Å². The molecule has 18 heavy (non-hydrogen) atoms. The molecule has 0 unspecified atom stereocenters. The Kier molecular flexibility index (Phi) is 4.27. The van der Waals surface area contributed by atoms with Crippen LogP contribution in [0.2, 0.25) is 5.02 Å². The van der Waals surface area contributed by atoms with E-state index < -0.39 is 6.10 Å². The second-order valence-electron chi connectivity index (χ2n) is 3.89. The third-order valence-electron chi connectivity index (χ3n) is 2.49. The lowest BCUT2D eigenvalue weighted by Crippen LogP contribution is -1.93.